The smallest absolute Gasteiger partial charge is 0.132 e. The van der Waals surface area contributed by atoms with Gasteiger partial charge in [-0.25, -0.2) is 0 Å². The molecule has 2 heterocycles. The van der Waals surface area contributed by atoms with E-state index in [1.807, 2.05) is 39.0 Å². The number of halogens is 1. The highest BCUT2D eigenvalue weighted by atomic mass is 35.5. The van der Waals surface area contributed by atoms with Gasteiger partial charge in [-0.05, 0) is 49.3 Å². The van der Waals surface area contributed by atoms with E-state index in [1.54, 1.807) is 0 Å². The van der Waals surface area contributed by atoms with Crippen LogP contribution in [-0.4, -0.2) is 14.8 Å². The molecule has 4 heteroatoms. The SMILES string of the molecule is C=CCC(C)(C)c1ccc(Cl)cc1.CC.Cc1nnc2n1CCCCCC2. The molecule has 0 saturated heterocycles. The molecule has 0 aliphatic carbocycles. The molecule has 0 unspecified atom stereocenters. The van der Waals surface area contributed by atoms with Crippen LogP contribution in [0.15, 0.2) is 36.9 Å². The van der Waals surface area contributed by atoms with E-state index in [4.69, 9.17) is 11.6 Å². The molecule has 0 amide bonds. The summed E-state index contributed by atoms with van der Waals surface area (Å²) in [4.78, 5) is 0. The van der Waals surface area contributed by atoms with Crippen molar-refractivity contribution in [2.24, 2.45) is 0 Å². The second-order valence-electron chi connectivity index (χ2n) is 7.36. The minimum atomic E-state index is 0.159. The van der Waals surface area contributed by atoms with Crippen LogP contribution in [-0.2, 0) is 18.4 Å². The number of aryl methyl sites for hydroxylation is 2. The Balaban J connectivity index is 0.000000248. The fourth-order valence-corrected chi connectivity index (χ4v) is 3.31. The van der Waals surface area contributed by atoms with E-state index in [1.165, 1.54) is 37.1 Å². The summed E-state index contributed by atoms with van der Waals surface area (Å²) >= 11 is 5.82. The molecule has 1 aromatic heterocycles. The number of benzene rings is 1. The Morgan fingerprint density at radius 1 is 1.07 bits per heavy atom. The molecule has 3 rings (SSSR count). The van der Waals surface area contributed by atoms with Crippen molar-refractivity contribution in [1.29, 1.82) is 0 Å². The van der Waals surface area contributed by atoms with E-state index in [0.29, 0.717) is 0 Å². The monoisotopic (exact) mass is 389 g/mol. The van der Waals surface area contributed by atoms with Crippen LogP contribution in [0.25, 0.3) is 0 Å². The van der Waals surface area contributed by atoms with Gasteiger partial charge in [0.1, 0.15) is 11.6 Å². The zero-order valence-corrected chi connectivity index (χ0v) is 18.5. The third-order valence-electron chi connectivity index (χ3n) is 4.82. The minimum absolute atomic E-state index is 0.159. The molecule has 0 N–H and O–H groups in total. The zero-order valence-electron chi connectivity index (χ0n) is 17.8. The van der Waals surface area contributed by atoms with E-state index in [-0.39, 0.29) is 5.41 Å². The predicted octanol–water partition coefficient (Wildman–Crippen LogP) is 6.92. The lowest BCUT2D eigenvalue weighted by atomic mass is 9.82. The largest absolute Gasteiger partial charge is 0.315 e. The molecule has 3 nitrogen and oxygen atoms in total. The topological polar surface area (TPSA) is 30.7 Å². The number of hydrogen-bond acceptors (Lipinski definition) is 2. The second kappa shape index (κ2) is 12.0. The first-order chi connectivity index (χ1) is 12.9. The Kier molecular flexibility index (Phi) is 10.4. The Labute approximate surface area is 170 Å². The highest BCUT2D eigenvalue weighted by molar-refractivity contribution is 6.30. The van der Waals surface area contributed by atoms with E-state index >= 15 is 0 Å². The number of hydrogen-bond donors (Lipinski definition) is 0. The molecule has 2 aromatic rings. The molecule has 150 valence electrons. The zero-order chi connectivity index (χ0) is 20.3. The summed E-state index contributed by atoms with van der Waals surface area (Å²) in [6.07, 6.45) is 9.32. The first kappa shape index (κ1) is 23.4. The molecule has 1 aliphatic heterocycles. The highest BCUT2D eigenvalue weighted by Crippen LogP contribution is 2.28. The standard InChI is InChI=1S/C12H15Cl.C9H15N3.C2H6/c1-4-9-12(2,3)10-5-7-11(13)8-6-10;1-8-10-11-9-6-4-2-3-5-7-12(8)9;1-2/h4-8H,1,9H2,2-3H3;2-7H2,1H3;1-2H3. The third kappa shape index (κ3) is 7.50. The molecule has 1 aromatic carbocycles. The summed E-state index contributed by atoms with van der Waals surface area (Å²) in [5.74, 6) is 2.26. The van der Waals surface area contributed by atoms with Crippen LogP contribution < -0.4 is 0 Å². The van der Waals surface area contributed by atoms with Gasteiger partial charge in [-0.1, -0.05) is 70.3 Å². The summed E-state index contributed by atoms with van der Waals surface area (Å²) in [6.45, 7) is 15.3. The van der Waals surface area contributed by atoms with E-state index in [2.05, 4.69) is 47.3 Å². The fourth-order valence-electron chi connectivity index (χ4n) is 3.19. The Morgan fingerprint density at radius 2 is 1.70 bits per heavy atom. The van der Waals surface area contributed by atoms with Crippen LogP contribution in [0.4, 0.5) is 0 Å². The summed E-state index contributed by atoms with van der Waals surface area (Å²) < 4.78 is 2.26. The van der Waals surface area contributed by atoms with Gasteiger partial charge in [-0.3, -0.25) is 0 Å². The number of rotatable bonds is 3. The van der Waals surface area contributed by atoms with Crippen LogP contribution in [0.3, 0.4) is 0 Å². The lowest BCUT2D eigenvalue weighted by Gasteiger charge is -2.23. The normalized spacial score (nSPS) is 13.7. The molecule has 0 atom stereocenters. The van der Waals surface area contributed by atoms with Gasteiger partial charge in [0, 0.05) is 18.0 Å². The lowest BCUT2D eigenvalue weighted by Crippen LogP contribution is -2.15. The Bertz CT molecular complexity index is 671. The van der Waals surface area contributed by atoms with Gasteiger partial charge in [0.15, 0.2) is 0 Å². The number of nitrogens with zero attached hydrogens (tertiary/aromatic N) is 3. The van der Waals surface area contributed by atoms with Gasteiger partial charge >= 0.3 is 0 Å². The molecule has 0 fully saturated rings. The summed E-state index contributed by atoms with van der Waals surface area (Å²) in [5.41, 5.74) is 1.46. The van der Waals surface area contributed by atoms with Crippen LogP contribution in [0.5, 0.6) is 0 Å². The maximum Gasteiger partial charge on any atom is 0.132 e. The molecule has 27 heavy (non-hydrogen) atoms. The maximum atomic E-state index is 5.82. The fraction of sp³-hybridized carbons (Fsp3) is 0.565. The average molecular weight is 390 g/mol. The molecule has 0 saturated carbocycles. The number of aromatic nitrogens is 3. The molecule has 1 aliphatic rings. The summed E-state index contributed by atoms with van der Waals surface area (Å²) in [6, 6.07) is 8.02. The van der Waals surface area contributed by atoms with Gasteiger partial charge < -0.3 is 4.57 Å². The summed E-state index contributed by atoms with van der Waals surface area (Å²) in [5, 5.41) is 9.06. The van der Waals surface area contributed by atoms with Crippen molar-refractivity contribution in [3.63, 3.8) is 0 Å². The second-order valence-corrected chi connectivity index (χ2v) is 7.80. The van der Waals surface area contributed by atoms with Gasteiger partial charge in [-0.2, -0.15) is 0 Å². The number of allylic oxidation sites excluding steroid dienone is 1. The molecule has 0 bridgehead atoms. The van der Waals surface area contributed by atoms with Crippen molar-refractivity contribution in [1.82, 2.24) is 14.8 Å². The maximum absolute atomic E-state index is 5.82. The quantitative estimate of drug-likeness (QED) is 0.533. The Morgan fingerprint density at radius 3 is 2.33 bits per heavy atom. The number of fused-ring (bicyclic) bond motifs is 1. The minimum Gasteiger partial charge on any atom is -0.315 e. The first-order valence-corrected chi connectivity index (χ1v) is 10.6. The van der Waals surface area contributed by atoms with Gasteiger partial charge in [-0.15, -0.1) is 16.8 Å². The predicted molar refractivity (Wildman–Crippen MR) is 118 cm³/mol. The van der Waals surface area contributed by atoms with Gasteiger partial charge in [0.2, 0.25) is 0 Å². The Hall–Kier alpha value is -1.61. The summed E-state index contributed by atoms with van der Waals surface area (Å²) in [7, 11) is 0. The van der Waals surface area contributed by atoms with Crippen molar-refractivity contribution in [2.45, 2.75) is 85.1 Å². The van der Waals surface area contributed by atoms with E-state index in [9.17, 15) is 0 Å². The van der Waals surface area contributed by atoms with Crippen molar-refractivity contribution >= 4 is 11.6 Å². The highest BCUT2D eigenvalue weighted by Gasteiger charge is 2.18. The van der Waals surface area contributed by atoms with E-state index < -0.39 is 0 Å². The van der Waals surface area contributed by atoms with Crippen molar-refractivity contribution in [3.05, 3.63) is 59.2 Å². The van der Waals surface area contributed by atoms with Crippen LogP contribution in [0, 0.1) is 6.92 Å². The van der Waals surface area contributed by atoms with Crippen molar-refractivity contribution in [3.8, 4) is 0 Å². The molecular weight excluding hydrogens is 354 g/mol. The average Bonchev–Trinajstić information content (AvgIpc) is 2.96. The van der Waals surface area contributed by atoms with Crippen molar-refractivity contribution < 1.29 is 0 Å². The van der Waals surface area contributed by atoms with Gasteiger partial charge in [0.05, 0.1) is 0 Å². The lowest BCUT2D eigenvalue weighted by molar-refractivity contribution is 0.510. The van der Waals surface area contributed by atoms with Crippen molar-refractivity contribution in [2.75, 3.05) is 0 Å². The molecule has 0 spiro atoms. The van der Waals surface area contributed by atoms with Crippen LogP contribution >= 0.6 is 11.6 Å². The molecular formula is C23H36ClN3. The third-order valence-corrected chi connectivity index (χ3v) is 5.08. The van der Waals surface area contributed by atoms with Crippen LogP contribution in [0.2, 0.25) is 5.02 Å². The van der Waals surface area contributed by atoms with Crippen LogP contribution in [0.1, 0.15) is 77.0 Å². The first-order valence-electron chi connectivity index (χ1n) is 10.2. The van der Waals surface area contributed by atoms with E-state index in [0.717, 1.165) is 30.2 Å². The van der Waals surface area contributed by atoms with Gasteiger partial charge in [0.25, 0.3) is 0 Å². The molecule has 0 radical (unpaired) electrons.